The van der Waals surface area contributed by atoms with Crippen molar-refractivity contribution in [2.24, 2.45) is 29.6 Å². The maximum absolute atomic E-state index is 13.4. The number of aliphatic hydroxyl groups excluding tert-OH is 3. The fourth-order valence-electron chi connectivity index (χ4n) is 6.11. The maximum atomic E-state index is 13.4. The molecule has 0 aromatic carbocycles. The molecule has 0 amide bonds. The molecule has 0 bridgehead atoms. The summed E-state index contributed by atoms with van der Waals surface area (Å²) in [7, 11) is 0. The number of rotatable bonds is 3. The fourth-order valence-corrected chi connectivity index (χ4v) is 6.11. The van der Waals surface area contributed by atoms with Crippen molar-refractivity contribution in [3.05, 3.63) is 0 Å². The summed E-state index contributed by atoms with van der Waals surface area (Å²) in [6.45, 7) is 14.6. The second-order valence-corrected chi connectivity index (χ2v) is 12.4. The zero-order chi connectivity index (χ0) is 29.3. The van der Waals surface area contributed by atoms with Crippen LogP contribution in [0.2, 0.25) is 0 Å². The van der Waals surface area contributed by atoms with Gasteiger partial charge in [-0.2, -0.15) is 0 Å². The van der Waals surface area contributed by atoms with Gasteiger partial charge in [0.2, 0.25) is 0 Å². The Bertz CT molecular complexity index is 813. The molecule has 2 fully saturated rings. The lowest BCUT2D eigenvalue weighted by Crippen LogP contribution is -2.57. The first-order valence-electron chi connectivity index (χ1n) is 13.9. The van der Waals surface area contributed by atoms with E-state index in [4.69, 9.17) is 14.2 Å². The Morgan fingerprint density at radius 3 is 1.95 bits per heavy atom. The van der Waals surface area contributed by atoms with Crippen molar-refractivity contribution in [1.29, 1.82) is 0 Å². The predicted molar refractivity (Wildman–Crippen MR) is 139 cm³/mol. The number of esters is 1. The van der Waals surface area contributed by atoms with E-state index in [2.05, 4.69) is 0 Å². The molecule has 0 spiro atoms. The summed E-state index contributed by atoms with van der Waals surface area (Å²) in [6, 6.07) is 0. The zero-order valence-electron chi connectivity index (χ0n) is 24.3. The van der Waals surface area contributed by atoms with Crippen LogP contribution in [0.5, 0.6) is 0 Å². The molecular weight excluding hydrogens is 496 g/mol. The number of ketones is 1. The third-order valence-electron chi connectivity index (χ3n) is 8.82. The van der Waals surface area contributed by atoms with E-state index in [0.29, 0.717) is 6.42 Å². The summed E-state index contributed by atoms with van der Waals surface area (Å²) in [5, 5.41) is 54.5. The molecule has 2 rings (SSSR count). The van der Waals surface area contributed by atoms with E-state index in [-0.39, 0.29) is 18.6 Å². The van der Waals surface area contributed by atoms with Gasteiger partial charge in [0.15, 0.2) is 6.29 Å². The second kappa shape index (κ2) is 12.6. The quantitative estimate of drug-likeness (QED) is 0.328. The zero-order valence-corrected chi connectivity index (χ0v) is 24.3. The van der Waals surface area contributed by atoms with E-state index < -0.39 is 89.7 Å². The van der Waals surface area contributed by atoms with Gasteiger partial charge in [-0.05, 0) is 40.5 Å². The predicted octanol–water partition coefficient (Wildman–Crippen LogP) is 1.57. The van der Waals surface area contributed by atoms with E-state index in [9.17, 15) is 35.1 Å². The number of hydrogen-bond acceptors (Lipinski definition) is 10. The summed E-state index contributed by atoms with van der Waals surface area (Å²) >= 11 is 0. The molecule has 10 heteroatoms. The monoisotopic (exact) mass is 546 g/mol. The van der Waals surface area contributed by atoms with E-state index in [1.807, 2.05) is 6.92 Å². The van der Waals surface area contributed by atoms with Gasteiger partial charge in [0.25, 0.3) is 0 Å². The standard InChI is InChI=1S/C28H50O10/c1-10-19-14(3)22(30)15(4)21(29)13(2)11-27(8,34)24(31)16(5)23(17(6)26(33)37-19)38-20-12-28(9,35)25(32)18(7)36-20/h13-20,22-25,30-32,34-35H,10-12H2,1-9H3/t13-,14+,15+,16+,17-,18-,19+,20-,22+,23+,24-,25-,27-,28-/m1/s1. The molecule has 2 heterocycles. The van der Waals surface area contributed by atoms with Crippen molar-refractivity contribution in [3.8, 4) is 0 Å². The van der Waals surface area contributed by atoms with Crippen molar-refractivity contribution in [1.82, 2.24) is 0 Å². The van der Waals surface area contributed by atoms with Gasteiger partial charge in [-0.3, -0.25) is 9.59 Å². The van der Waals surface area contributed by atoms with Crippen LogP contribution in [0.4, 0.5) is 0 Å². The first kappa shape index (κ1) is 33.1. The van der Waals surface area contributed by atoms with Crippen LogP contribution in [-0.2, 0) is 23.8 Å². The molecule has 0 saturated carbocycles. The first-order valence-corrected chi connectivity index (χ1v) is 13.9. The lowest BCUT2D eigenvalue weighted by Gasteiger charge is -2.45. The number of aliphatic hydroxyl groups is 5. The molecule has 0 aromatic heterocycles. The Balaban J connectivity index is 2.49. The lowest BCUT2D eigenvalue weighted by molar-refractivity contribution is -0.295. The molecule has 2 saturated heterocycles. The van der Waals surface area contributed by atoms with Gasteiger partial charge in [0.1, 0.15) is 18.0 Å². The number of carbonyl (C=O) groups excluding carboxylic acids is 2. The number of cyclic esters (lactones) is 1. The minimum atomic E-state index is -1.73. The molecular formula is C28H50O10. The van der Waals surface area contributed by atoms with E-state index in [1.165, 1.54) is 13.8 Å². The van der Waals surface area contributed by atoms with Crippen molar-refractivity contribution >= 4 is 11.8 Å². The van der Waals surface area contributed by atoms with Crippen molar-refractivity contribution in [3.63, 3.8) is 0 Å². The van der Waals surface area contributed by atoms with Gasteiger partial charge in [0, 0.05) is 30.1 Å². The normalized spacial score (nSPS) is 50.3. The highest BCUT2D eigenvalue weighted by atomic mass is 16.7. The van der Waals surface area contributed by atoms with Crippen molar-refractivity contribution in [2.75, 3.05) is 0 Å². The highest BCUT2D eigenvalue weighted by Gasteiger charge is 2.49. The first-order chi connectivity index (χ1) is 17.3. The molecule has 0 aromatic rings. The largest absolute Gasteiger partial charge is 0.462 e. The maximum Gasteiger partial charge on any atom is 0.311 e. The molecule has 5 N–H and O–H groups in total. The van der Waals surface area contributed by atoms with Crippen molar-refractivity contribution < 1.29 is 49.3 Å². The number of Topliss-reactive ketones (excluding diaryl/α,β-unsaturated/α-hetero) is 1. The Labute approximate surface area is 226 Å². The smallest absolute Gasteiger partial charge is 0.311 e. The molecule has 14 atom stereocenters. The Kier molecular flexibility index (Phi) is 10.9. The third-order valence-corrected chi connectivity index (χ3v) is 8.82. The van der Waals surface area contributed by atoms with Gasteiger partial charge in [0.05, 0.1) is 41.5 Å². The summed E-state index contributed by atoms with van der Waals surface area (Å²) in [4.78, 5) is 26.5. The molecule has 10 nitrogen and oxygen atoms in total. The minimum absolute atomic E-state index is 0.0661. The van der Waals surface area contributed by atoms with Gasteiger partial charge in [-0.25, -0.2) is 0 Å². The number of hydrogen-bond donors (Lipinski definition) is 5. The lowest BCUT2D eigenvalue weighted by atomic mass is 9.75. The number of ether oxygens (including phenoxy) is 3. The van der Waals surface area contributed by atoms with Crippen LogP contribution in [0.25, 0.3) is 0 Å². The second-order valence-electron chi connectivity index (χ2n) is 12.4. The minimum Gasteiger partial charge on any atom is -0.462 e. The Hall–Kier alpha value is -1.14. The van der Waals surface area contributed by atoms with Crippen LogP contribution < -0.4 is 0 Å². The van der Waals surface area contributed by atoms with Crippen LogP contribution in [0, 0.1) is 29.6 Å². The average Bonchev–Trinajstić information content (AvgIpc) is 2.84. The van der Waals surface area contributed by atoms with Gasteiger partial charge in [-0.1, -0.05) is 34.6 Å². The summed E-state index contributed by atoms with van der Waals surface area (Å²) in [5.74, 6) is -4.59. The number of carbonyl (C=O) groups is 2. The molecule has 38 heavy (non-hydrogen) atoms. The average molecular weight is 547 g/mol. The Morgan fingerprint density at radius 1 is 0.868 bits per heavy atom. The van der Waals surface area contributed by atoms with Gasteiger partial charge < -0.3 is 39.7 Å². The van der Waals surface area contributed by atoms with Crippen LogP contribution in [0.3, 0.4) is 0 Å². The van der Waals surface area contributed by atoms with Crippen LogP contribution in [-0.4, -0.2) is 91.4 Å². The van der Waals surface area contributed by atoms with Crippen molar-refractivity contribution in [2.45, 2.75) is 136 Å². The highest BCUT2D eigenvalue weighted by molar-refractivity contribution is 5.83. The summed E-state index contributed by atoms with van der Waals surface area (Å²) in [6.07, 6.45) is -6.81. The molecule has 222 valence electrons. The van der Waals surface area contributed by atoms with Crippen LogP contribution in [0.1, 0.15) is 81.6 Å². The Morgan fingerprint density at radius 2 is 1.42 bits per heavy atom. The topological polar surface area (TPSA) is 163 Å². The van der Waals surface area contributed by atoms with E-state index in [0.717, 1.165) is 0 Å². The third kappa shape index (κ3) is 7.13. The van der Waals surface area contributed by atoms with Crippen LogP contribution >= 0.6 is 0 Å². The SMILES string of the molecule is CC[C@@H]1OC(=O)[C@H](C)[C@@H](O[C@@H]2C[C@@](C)(O)[C@H](O)[C@@H](C)O2)[C@H](C)[C@@H](O)[C@](C)(O)C[C@@H](C)C(=O)[C@H](C)[C@@H](O)[C@H]1C. The molecule has 0 unspecified atom stereocenters. The van der Waals surface area contributed by atoms with Crippen LogP contribution in [0.15, 0.2) is 0 Å². The summed E-state index contributed by atoms with van der Waals surface area (Å²) in [5.41, 5.74) is -3.24. The molecule has 2 aliphatic heterocycles. The molecule has 0 aliphatic carbocycles. The molecule has 2 aliphatic rings. The van der Waals surface area contributed by atoms with E-state index in [1.54, 1.807) is 41.5 Å². The van der Waals surface area contributed by atoms with Gasteiger partial charge >= 0.3 is 5.97 Å². The fraction of sp³-hybridized carbons (Fsp3) is 0.929. The van der Waals surface area contributed by atoms with Gasteiger partial charge in [-0.15, -0.1) is 0 Å². The molecule has 0 radical (unpaired) electrons. The highest BCUT2D eigenvalue weighted by Crippen LogP contribution is 2.37. The summed E-state index contributed by atoms with van der Waals surface area (Å²) < 4.78 is 17.8. The van der Waals surface area contributed by atoms with E-state index >= 15 is 0 Å².